The molecule has 0 radical (unpaired) electrons. The number of Topliss-reactive ketones (excluding diaryl/α,β-unsaturated/α-hetero) is 1. The van der Waals surface area contributed by atoms with Crippen molar-refractivity contribution in [3.8, 4) is 34.0 Å². The number of rotatable bonds is 20. The molecule has 4 aromatic rings. The second-order valence-corrected chi connectivity index (χ2v) is 18.9. The molecule has 0 aliphatic heterocycles. The summed E-state index contributed by atoms with van der Waals surface area (Å²) in [5.41, 5.74) is 4.82. The van der Waals surface area contributed by atoms with E-state index in [4.69, 9.17) is 14.6 Å². The number of hydrogen-bond donors (Lipinski definition) is 1. The van der Waals surface area contributed by atoms with Crippen LogP contribution in [0.3, 0.4) is 0 Å². The third kappa shape index (κ3) is 17.8. The van der Waals surface area contributed by atoms with Crippen LogP contribution >= 0.6 is 0 Å². The van der Waals surface area contributed by atoms with Crippen molar-refractivity contribution in [1.82, 2.24) is 14.9 Å². The van der Waals surface area contributed by atoms with Crippen molar-refractivity contribution in [3.63, 3.8) is 0 Å². The Morgan fingerprint density at radius 1 is 0.790 bits per heavy atom. The molecule has 2 aromatic heterocycles. The number of isocyanates is 1. The lowest BCUT2D eigenvalue weighted by Gasteiger charge is -2.18. The number of hydrogen-bond acceptors (Lipinski definition) is 12. The maximum absolute atomic E-state index is 14.4. The molecule has 2 aromatic carbocycles. The van der Waals surface area contributed by atoms with E-state index in [1.807, 2.05) is 34.6 Å². The lowest BCUT2D eigenvalue weighted by molar-refractivity contribution is -0.116. The molecule has 4 rings (SSSR count). The van der Waals surface area contributed by atoms with Crippen LogP contribution in [0.25, 0.3) is 22.3 Å². The van der Waals surface area contributed by atoms with Gasteiger partial charge in [0.2, 0.25) is 27.9 Å². The lowest BCUT2D eigenvalue weighted by atomic mass is 9.87. The van der Waals surface area contributed by atoms with E-state index in [0.29, 0.717) is 69.2 Å². The Bertz CT molecular complexity index is 2350. The Labute approximate surface area is 366 Å². The normalized spacial score (nSPS) is 11.3. The quantitative estimate of drug-likeness (QED) is 0.0663. The van der Waals surface area contributed by atoms with Crippen molar-refractivity contribution in [3.05, 3.63) is 89.2 Å². The Balaban J connectivity index is 0.000000350. The summed E-state index contributed by atoms with van der Waals surface area (Å²) >= 11 is 0. The van der Waals surface area contributed by atoms with Gasteiger partial charge in [0.05, 0.1) is 31.4 Å². The highest BCUT2D eigenvalue weighted by molar-refractivity contribution is 7.92. The minimum Gasteiger partial charge on any atom is -0.481 e. The van der Waals surface area contributed by atoms with Gasteiger partial charge >= 0.3 is 0 Å². The lowest BCUT2D eigenvalue weighted by Crippen LogP contribution is -2.27. The van der Waals surface area contributed by atoms with Crippen molar-refractivity contribution < 1.29 is 44.7 Å². The predicted octanol–water partition coefficient (Wildman–Crippen LogP) is 8.34. The van der Waals surface area contributed by atoms with Crippen LogP contribution in [0.15, 0.2) is 65.9 Å². The van der Waals surface area contributed by atoms with Gasteiger partial charge in [-0.1, -0.05) is 54.9 Å². The third-order valence-electron chi connectivity index (χ3n) is 9.63. The molecule has 0 spiro atoms. The van der Waals surface area contributed by atoms with Crippen molar-refractivity contribution in [2.75, 3.05) is 51.1 Å². The van der Waals surface area contributed by atoms with Crippen molar-refractivity contribution >= 4 is 37.4 Å². The molecular formula is C45H61F2N5O8S2. The number of benzene rings is 2. The molecule has 0 saturated heterocycles. The Morgan fingerprint density at radius 2 is 1.31 bits per heavy atom. The van der Waals surface area contributed by atoms with Crippen LogP contribution in [0.4, 0.5) is 14.5 Å². The second-order valence-electron chi connectivity index (χ2n) is 15.0. The Morgan fingerprint density at radius 3 is 1.77 bits per heavy atom. The molecule has 0 fully saturated rings. The summed E-state index contributed by atoms with van der Waals surface area (Å²) in [6.07, 6.45) is 6.49. The zero-order chi connectivity index (χ0) is 46.6. The average molecular weight is 902 g/mol. The average Bonchev–Trinajstić information content (AvgIpc) is 3.22. The molecule has 2 N–H and O–H groups in total. The van der Waals surface area contributed by atoms with Gasteiger partial charge in [-0.25, -0.2) is 45.5 Å². The summed E-state index contributed by atoms with van der Waals surface area (Å²) in [5.74, 6) is -0.823. The number of ketones is 1. The number of aliphatic imine (C=N–C) groups is 1. The minimum atomic E-state index is -3.45. The third-order valence-corrected chi connectivity index (χ3v) is 12.2. The number of carbonyl (C=O) groups excluding carboxylic acids is 2. The highest BCUT2D eigenvalue weighted by atomic mass is 32.2. The summed E-state index contributed by atoms with van der Waals surface area (Å²) in [4.78, 5) is 37.4. The van der Waals surface area contributed by atoms with E-state index in [1.54, 1.807) is 42.7 Å². The van der Waals surface area contributed by atoms with Crippen LogP contribution in [0, 0.1) is 11.6 Å². The molecule has 340 valence electrons. The summed E-state index contributed by atoms with van der Waals surface area (Å²) < 4.78 is 84.0. The molecule has 13 nitrogen and oxygen atoms in total. The fourth-order valence-corrected chi connectivity index (χ4v) is 8.41. The van der Waals surface area contributed by atoms with Gasteiger partial charge in [0.15, 0.2) is 15.6 Å². The van der Waals surface area contributed by atoms with E-state index >= 15 is 0 Å². The van der Waals surface area contributed by atoms with Crippen LogP contribution in [0.5, 0.6) is 11.8 Å². The first kappa shape index (κ1) is 53.2. The maximum atomic E-state index is 14.4. The van der Waals surface area contributed by atoms with Crippen LogP contribution < -0.4 is 14.6 Å². The minimum absolute atomic E-state index is 0.00407. The molecule has 62 heavy (non-hydrogen) atoms. The van der Waals surface area contributed by atoms with Crippen LogP contribution in [-0.4, -0.2) is 94.7 Å². The molecule has 0 unspecified atom stereocenters. The molecule has 2 heterocycles. The van der Waals surface area contributed by atoms with Gasteiger partial charge in [-0.15, -0.1) is 0 Å². The number of sulfonamides is 1. The van der Waals surface area contributed by atoms with Gasteiger partial charge < -0.3 is 14.4 Å². The number of unbranched alkanes of at least 4 members (excludes halogenated alkanes) is 1. The van der Waals surface area contributed by atoms with Gasteiger partial charge in [0.1, 0.15) is 17.4 Å². The molecule has 0 atom stereocenters. The first-order chi connectivity index (χ1) is 29.2. The summed E-state index contributed by atoms with van der Waals surface area (Å²) in [7, 11) is -3.72. The first-order valence-electron chi connectivity index (χ1n) is 20.4. The molecule has 0 bridgehead atoms. The van der Waals surface area contributed by atoms with Gasteiger partial charge in [-0.3, -0.25) is 4.79 Å². The summed E-state index contributed by atoms with van der Waals surface area (Å²) in [6.45, 7) is 16.4. The van der Waals surface area contributed by atoms with Gasteiger partial charge in [-0.05, 0) is 114 Å². The first-order valence-corrected chi connectivity index (χ1v) is 24.0. The number of aromatic nitrogens is 2. The van der Waals surface area contributed by atoms with E-state index in [1.165, 1.54) is 38.5 Å². The molecule has 0 aliphatic rings. The van der Waals surface area contributed by atoms with Crippen LogP contribution in [-0.2, 0) is 35.9 Å². The number of halogens is 2. The SMILES string of the molecule is CCCCS(=O)(=O)CC(=O)Cc1c(-c2ccnc(OC)c2)cc(F)cc1C(C)C.CCN(CC)CCCS(N)(=O)=O.COc1cc(-c2cc(F)cc(C(C)C)c2N=C=O)ccn1. The monoisotopic (exact) mass is 901 g/mol. The largest absolute Gasteiger partial charge is 0.481 e. The highest BCUT2D eigenvalue weighted by Gasteiger charge is 2.22. The number of nitrogens with zero attached hydrogens (tertiary/aromatic N) is 4. The smallest absolute Gasteiger partial charge is 0.240 e. The number of ether oxygens (including phenoxy) is 2. The van der Waals surface area contributed by atoms with Crippen molar-refractivity contribution in [1.29, 1.82) is 0 Å². The van der Waals surface area contributed by atoms with Gasteiger partial charge in [-0.2, -0.15) is 4.99 Å². The predicted molar refractivity (Wildman–Crippen MR) is 241 cm³/mol. The van der Waals surface area contributed by atoms with E-state index in [2.05, 4.69) is 33.7 Å². The molecule has 17 heteroatoms. The molecule has 0 aliphatic carbocycles. The summed E-state index contributed by atoms with van der Waals surface area (Å²) in [6, 6.07) is 12.3. The number of primary sulfonamides is 1. The van der Waals surface area contributed by atoms with Gasteiger partial charge in [0, 0.05) is 36.5 Å². The zero-order valence-corrected chi connectivity index (χ0v) is 38.8. The van der Waals surface area contributed by atoms with Gasteiger partial charge in [0.25, 0.3) is 0 Å². The van der Waals surface area contributed by atoms with E-state index in [-0.39, 0.29) is 35.6 Å². The molecule has 0 saturated carbocycles. The number of carbonyl (C=O) groups is 1. The number of nitrogens with two attached hydrogens (primary N) is 1. The number of pyridine rings is 2. The maximum Gasteiger partial charge on any atom is 0.240 e. The Hall–Kier alpha value is -4.93. The van der Waals surface area contributed by atoms with E-state index in [0.717, 1.165) is 26.1 Å². The second kappa shape index (κ2) is 25.9. The number of sulfone groups is 1. The van der Waals surface area contributed by atoms with Crippen LogP contribution in [0.1, 0.15) is 96.3 Å². The standard InChI is InChI=1S/C22H28FNO4S.C16H15FN2O2.C7H18N2O2S/c1-5-6-9-29(26,27)14-18(25)13-21-19(15(2)3)11-17(23)12-20(21)16-7-8-24-22(10-16)28-4;1-10(2)13-7-12(17)8-14(16(13)19-9-20)11-4-5-18-15(6-11)21-3;1-3-9(4-2)6-5-7-12(8,10)11/h7-8,10-12,15H,5-6,9,13-14H2,1-4H3;4-8,10H,1-3H3;3-7H2,1-2H3,(H2,8,10,11). The molecular weight excluding hydrogens is 841 g/mol. The van der Waals surface area contributed by atoms with E-state index in [9.17, 15) is 35.2 Å². The van der Waals surface area contributed by atoms with E-state index < -0.39 is 37.2 Å². The van der Waals surface area contributed by atoms with Crippen LogP contribution in [0.2, 0.25) is 0 Å². The fraction of sp³-hybridized carbons (Fsp3) is 0.467. The number of methoxy groups -OCH3 is 2. The summed E-state index contributed by atoms with van der Waals surface area (Å²) in [5, 5.41) is 4.86. The molecule has 0 amide bonds. The highest BCUT2D eigenvalue weighted by Crippen LogP contribution is 2.38. The van der Waals surface area contributed by atoms with Crippen molar-refractivity contribution in [2.24, 2.45) is 10.1 Å². The van der Waals surface area contributed by atoms with Crippen molar-refractivity contribution in [2.45, 2.75) is 86.0 Å². The zero-order valence-electron chi connectivity index (χ0n) is 37.2. The topological polar surface area (TPSA) is 188 Å². The fourth-order valence-electron chi connectivity index (χ4n) is 6.41. The Kier molecular flexibility index (Phi) is 22.2.